The number of hydrogen-bond acceptors (Lipinski definition) is 4. The normalized spacial score (nSPS) is 17.1. The zero-order valence-electron chi connectivity index (χ0n) is 14.2. The van der Waals surface area contributed by atoms with E-state index in [2.05, 4.69) is 15.1 Å². The van der Waals surface area contributed by atoms with E-state index < -0.39 is 0 Å². The Balaban J connectivity index is 1.41. The fourth-order valence-electron chi connectivity index (χ4n) is 3.48. The third kappa shape index (κ3) is 2.78. The molecular weight excluding hydrogens is 364 g/mol. The molecule has 7 heteroatoms. The molecule has 1 unspecified atom stereocenters. The lowest BCUT2D eigenvalue weighted by atomic mass is 10.1. The number of aromatic amines is 1. The third-order valence-corrected chi connectivity index (χ3v) is 5.20. The molecule has 1 fully saturated rings. The van der Waals surface area contributed by atoms with Crippen molar-refractivity contribution in [3.8, 4) is 11.5 Å². The lowest BCUT2D eigenvalue weighted by molar-refractivity contribution is -0.117. The number of halogens is 1. The number of nitrogens with zero attached hydrogens (tertiary/aromatic N) is 3. The largest absolute Gasteiger partial charge is 0.361 e. The fraction of sp³-hybridized carbons (Fsp3) is 0.150. The molecule has 1 saturated heterocycles. The van der Waals surface area contributed by atoms with Gasteiger partial charge in [0.05, 0.1) is 10.7 Å². The Labute approximate surface area is 159 Å². The second-order valence-corrected chi connectivity index (χ2v) is 7.00. The minimum Gasteiger partial charge on any atom is -0.361 e. The number of fused-ring (bicyclic) bond motifs is 1. The molecule has 1 amide bonds. The fourth-order valence-corrected chi connectivity index (χ4v) is 3.72. The Morgan fingerprint density at radius 2 is 2.07 bits per heavy atom. The van der Waals surface area contributed by atoms with E-state index in [1.807, 2.05) is 48.7 Å². The summed E-state index contributed by atoms with van der Waals surface area (Å²) in [7, 11) is 0. The Kier molecular flexibility index (Phi) is 3.72. The Hall–Kier alpha value is -3.12. The van der Waals surface area contributed by atoms with Crippen LogP contribution < -0.4 is 4.90 Å². The Bertz CT molecular complexity index is 1150. The van der Waals surface area contributed by atoms with Crippen LogP contribution >= 0.6 is 11.6 Å². The van der Waals surface area contributed by atoms with Crippen LogP contribution in [-0.4, -0.2) is 27.6 Å². The topological polar surface area (TPSA) is 75.0 Å². The second-order valence-electron chi connectivity index (χ2n) is 6.59. The number of hydrogen-bond donors (Lipinski definition) is 1. The van der Waals surface area contributed by atoms with Crippen molar-refractivity contribution in [1.29, 1.82) is 0 Å². The molecular formula is C20H15ClN4O2. The summed E-state index contributed by atoms with van der Waals surface area (Å²) in [5, 5.41) is 5.79. The molecule has 1 atom stereocenters. The van der Waals surface area contributed by atoms with Gasteiger partial charge in [-0.05, 0) is 35.7 Å². The van der Waals surface area contributed by atoms with Crippen LogP contribution in [-0.2, 0) is 4.79 Å². The monoisotopic (exact) mass is 378 g/mol. The van der Waals surface area contributed by atoms with Gasteiger partial charge in [0.1, 0.15) is 0 Å². The number of carbonyl (C=O) groups is 1. The van der Waals surface area contributed by atoms with Gasteiger partial charge in [0.25, 0.3) is 5.89 Å². The summed E-state index contributed by atoms with van der Waals surface area (Å²) in [6, 6.07) is 15.3. The van der Waals surface area contributed by atoms with Crippen molar-refractivity contribution in [3.63, 3.8) is 0 Å². The summed E-state index contributed by atoms with van der Waals surface area (Å²) in [6.07, 6.45) is 2.22. The number of aromatic nitrogens is 3. The molecule has 4 aromatic rings. The van der Waals surface area contributed by atoms with E-state index in [1.54, 1.807) is 11.0 Å². The molecule has 2 aromatic carbocycles. The molecule has 6 nitrogen and oxygen atoms in total. The van der Waals surface area contributed by atoms with Crippen molar-refractivity contribution in [2.75, 3.05) is 11.4 Å². The van der Waals surface area contributed by atoms with Gasteiger partial charge in [-0.1, -0.05) is 35.0 Å². The maximum absolute atomic E-state index is 12.5. The highest BCUT2D eigenvalue weighted by molar-refractivity contribution is 6.33. The van der Waals surface area contributed by atoms with Gasteiger partial charge in [0.2, 0.25) is 5.91 Å². The predicted molar refractivity (Wildman–Crippen MR) is 103 cm³/mol. The van der Waals surface area contributed by atoms with Crippen LogP contribution in [0.2, 0.25) is 5.02 Å². The van der Waals surface area contributed by atoms with E-state index in [4.69, 9.17) is 16.1 Å². The van der Waals surface area contributed by atoms with Gasteiger partial charge in [-0.25, -0.2) is 0 Å². The zero-order chi connectivity index (χ0) is 18.4. The highest BCUT2D eigenvalue weighted by Gasteiger charge is 2.35. The highest BCUT2D eigenvalue weighted by atomic mass is 35.5. The van der Waals surface area contributed by atoms with Crippen LogP contribution in [0.4, 0.5) is 5.69 Å². The quantitative estimate of drug-likeness (QED) is 0.573. The van der Waals surface area contributed by atoms with E-state index in [-0.39, 0.29) is 11.8 Å². The first-order chi connectivity index (χ1) is 13.2. The van der Waals surface area contributed by atoms with Gasteiger partial charge < -0.3 is 14.4 Å². The molecule has 1 aliphatic rings. The number of H-pyrrole nitrogens is 1. The van der Waals surface area contributed by atoms with Gasteiger partial charge in [-0.3, -0.25) is 4.79 Å². The number of anilines is 1. The van der Waals surface area contributed by atoms with Gasteiger partial charge in [0, 0.05) is 36.2 Å². The van der Waals surface area contributed by atoms with Crippen molar-refractivity contribution in [2.45, 2.75) is 12.3 Å². The molecule has 134 valence electrons. The van der Waals surface area contributed by atoms with E-state index in [9.17, 15) is 4.79 Å². The maximum atomic E-state index is 12.5. The molecule has 0 bridgehead atoms. The van der Waals surface area contributed by atoms with E-state index in [0.717, 1.165) is 16.5 Å². The first-order valence-electron chi connectivity index (χ1n) is 8.65. The van der Waals surface area contributed by atoms with Gasteiger partial charge in [0.15, 0.2) is 5.82 Å². The van der Waals surface area contributed by atoms with Crippen molar-refractivity contribution >= 4 is 34.1 Å². The molecule has 2 aromatic heterocycles. The molecule has 1 aliphatic heterocycles. The van der Waals surface area contributed by atoms with Crippen molar-refractivity contribution in [1.82, 2.24) is 15.1 Å². The number of rotatable bonds is 3. The number of benzene rings is 2. The SMILES string of the molecule is O=C1CC(c2noc(-c3ccc4cc[nH]c4c3)n2)CN1c1ccccc1Cl. The zero-order valence-corrected chi connectivity index (χ0v) is 15.0. The summed E-state index contributed by atoms with van der Waals surface area (Å²) >= 11 is 6.24. The van der Waals surface area contributed by atoms with Crippen LogP contribution in [0.3, 0.4) is 0 Å². The van der Waals surface area contributed by atoms with Crippen LogP contribution in [0.25, 0.3) is 22.4 Å². The van der Waals surface area contributed by atoms with Gasteiger partial charge in [-0.15, -0.1) is 0 Å². The minimum atomic E-state index is -0.125. The smallest absolute Gasteiger partial charge is 0.258 e. The standard InChI is InChI=1S/C20H15ClN4O2/c21-15-3-1-2-4-17(15)25-11-14(10-18(25)26)19-23-20(27-24-19)13-6-5-12-7-8-22-16(12)9-13/h1-9,14,22H,10-11H2. The van der Waals surface area contributed by atoms with Crippen molar-refractivity contribution < 1.29 is 9.32 Å². The summed E-state index contributed by atoms with van der Waals surface area (Å²) in [4.78, 5) is 21.9. The molecule has 3 heterocycles. The highest BCUT2D eigenvalue weighted by Crippen LogP contribution is 2.35. The molecule has 27 heavy (non-hydrogen) atoms. The number of amides is 1. The first kappa shape index (κ1) is 16.1. The van der Waals surface area contributed by atoms with Crippen molar-refractivity contribution in [2.24, 2.45) is 0 Å². The van der Waals surface area contributed by atoms with Crippen LogP contribution in [0, 0.1) is 0 Å². The van der Waals surface area contributed by atoms with Gasteiger partial charge >= 0.3 is 0 Å². The van der Waals surface area contributed by atoms with Gasteiger partial charge in [-0.2, -0.15) is 4.98 Å². The maximum Gasteiger partial charge on any atom is 0.258 e. The van der Waals surface area contributed by atoms with Crippen LogP contribution in [0.5, 0.6) is 0 Å². The first-order valence-corrected chi connectivity index (χ1v) is 9.03. The third-order valence-electron chi connectivity index (χ3n) is 4.88. The van der Waals surface area contributed by atoms with Crippen LogP contribution in [0.15, 0.2) is 59.3 Å². The van der Waals surface area contributed by atoms with Crippen molar-refractivity contribution in [3.05, 3.63) is 65.6 Å². The minimum absolute atomic E-state index is 0.00672. The van der Waals surface area contributed by atoms with E-state index >= 15 is 0 Å². The summed E-state index contributed by atoms with van der Waals surface area (Å²) < 4.78 is 5.46. The van der Waals surface area contributed by atoms with E-state index in [1.165, 1.54) is 0 Å². The molecule has 0 spiro atoms. The Morgan fingerprint density at radius 1 is 1.19 bits per heavy atom. The Morgan fingerprint density at radius 3 is 2.96 bits per heavy atom. The van der Waals surface area contributed by atoms with E-state index in [0.29, 0.717) is 35.4 Å². The molecule has 0 aliphatic carbocycles. The second kappa shape index (κ2) is 6.25. The lowest BCUT2D eigenvalue weighted by Crippen LogP contribution is -2.24. The lowest BCUT2D eigenvalue weighted by Gasteiger charge is -2.17. The average molecular weight is 379 g/mol. The average Bonchev–Trinajstić information content (AvgIpc) is 3.40. The molecule has 0 saturated carbocycles. The summed E-state index contributed by atoms with van der Waals surface area (Å²) in [5.74, 6) is 0.873. The number of para-hydroxylation sites is 1. The summed E-state index contributed by atoms with van der Waals surface area (Å²) in [5.41, 5.74) is 2.57. The number of carbonyl (C=O) groups excluding carboxylic acids is 1. The predicted octanol–water partition coefficient (Wildman–Crippen LogP) is 4.39. The molecule has 1 N–H and O–H groups in total. The van der Waals surface area contributed by atoms with Crippen LogP contribution in [0.1, 0.15) is 18.2 Å². The number of nitrogens with one attached hydrogen (secondary N) is 1. The summed E-state index contributed by atoms with van der Waals surface area (Å²) in [6.45, 7) is 0.483. The molecule has 0 radical (unpaired) electrons. The molecule has 5 rings (SSSR count).